The van der Waals surface area contributed by atoms with E-state index in [-0.39, 0.29) is 11.5 Å². The van der Waals surface area contributed by atoms with Gasteiger partial charge in [0.15, 0.2) is 0 Å². The maximum atomic E-state index is 12.2. The summed E-state index contributed by atoms with van der Waals surface area (Å²) >= 11 is 5.98. The molecule has 0 saturated heterocycles. The first-order chi connectivity index (χ1) is 10.5. The van der Waals surface area contributed by atoms with Gasteiger partial charge in [-0.2, -0.15) is 0 Å². The number of carbonyl (C=O) groups excluding carboxylic acids is 2. The van der Waals surface area contributed by atoms with Gasteiger partial charge in [-0.15, -0.1) is 0 Å². The Hall–Kier alpha value is -2.53. The predicted octanol–water partition coefficient (Wildman–Crippen LogP) is 3.35. The number of nitrogens with one attached hydrogen (secondary N) is 1. The van der Waals surface area contributed by atoms with Gasteiger partial charge in [-0.1, -0.05) is 11.6 Å². The molecule has 0 radical (unpaired) electrons. The van der Waals surface area contributed by atoms with Crippen LogP contribution in [0, 0.1) is 0 Å². The summed E-state index contributed by atoms with van der Waals surface area (Å²) in [7, 11) is 0. The number of nitrogen functional groups attached to an aromatic ring is 1. The average Bonchev–Trinajstić information content (AvgIpc) is 2.50. The van der Waals surface area contributed by atoms with Crippen molar-refractivity contribution in [3.8, 4) is 0 Å². The lowest BCUT2D eigenvalue weighted by atomic mass is 10.1. The minimum absolute atomic E-state index is 0.288. The van der Waals surface area contributed by atoms with E-state index in [1.165, 1.54) is 6.07 Å². The highest BCUT2D eigenvalue weighted by Gasteiger charge is 2.12. The van der Waals surface area contributed by atoms with E-state index in [0.717, 1.165) is 0 Å². The van der Waals surface area contributed by atoms with Crippen molar-refractivity contribution in [2.75, 3.05) is 17.7 Å². The smallest absolute Gasteiger partial charge is 0.338 e. The van der Waals surface area contributed by atoms with E-state index < -0.39 is 5.97 Å². The molecule has 3 N–H and O–H groups in total. The highest BCUT2D eigenvalue weighted by Crippen LogP contribution is 2.20. The lowest BCUT2D eigenvalue weighted by molar-refractivity contribution is 0.0526. The number of benzene rings is 2. The van der Waals surface area contributed by atoms with E-state index in [4.69, 9.17) is 22.1 Å². The van der Waals surface area contributed by atoms with Gasteiger partial charge >= 0.3 is 5.97 Å². The lowest BCUT2D eigenvalue weighted by Crippen LogP contribution is -2.13. The fraction of sp³-hybridized carbons (Fsp3) is 0.125. The number of ether oxygens (including phenoxy) is 1. The Balaban J connectivity index is 2.12. The van der Waals surface area contributed by atoms with Crippen LogP contribution in [0.4, 0.5) is 11.4 Å². The first-order valence-corrected chi connectivity index (χ1v) is 7.02. The van der Waals surface area contributed by atoms with E-state index in [1.54, 1.807) is 43.3 Å². The summed E-state index contributed by atoms with van der Waals surface area (Å²) in [5.41, 5.74) is 7.35. The van der Waals surface area contributed by atoms with E-state index in [1.807, 2.05) is 0 Å². The molecule has 0 aromatic heterocycles. The highest BCUT2D eigenvalue weighted by molar-refractivity contribution is 6.34. The molecule has 2 rings (SSSR count). The van der Waals surface area contributed by atoms with Crippen molar-refractivity contribution in [2.24, 2.45) is 0 Å². The van der Waals surface area contributed by atoms with Gasteiger partial charge in [0.25, 0.3) is 5.91 Å². The highest BCUT2D eigenvalue weighted by atomic mass is 35.5. The zero-order valence-electron chi connectivity index (χ0n) is 11.9. The van der Waals surface area contributed by atoms with Crippen molar-refractivity contribution in [3.63, 3.8) is 0 Å². The third kappa shape index (κ3) is 3.77. The molecule has 0 aliphatic rings. The summed E-state index contributed by atoms with van der Waals surface area (Å²) in [5, 5.41) is 3.01. The summed E-state index contributed by atoms with van der Waals surface area (Å²) < 4.78 is 4.89. The predicted molar refractivity (Wildman–Crippen MR) is 86.2 cm³/mol. The number of amides is 1. The van der Waals surface area contributed by atoms with E-state index in [9.17, 15) is 9.59 Å². The van der Waals surface area contributed by atoms with E-state index in [0.29, 0.717) is 28.6 Å². The fourth-order valence-electron chi connectivity index (χ4n) is 1.82. The first kappa shape index (κ1) is 15.9. The zero-order chi connectivity index (χ0) is 16.1. The second-order valence-corrected chi connectivity index (χ2v) is 4.90. The molecule has 2 aromatic rings. The van der Waals surface area contributed by atoms with E-state index >= 15 is 0 Å². The monoisotopic (exact) mass is 318 g/mol. The number of nitrogens with two attached hydrogens (primary N) is 1. The number of carbonyl (C=O) groups is 2. The van der Waals surface area contributed by atoms with Crippen LogP contribution >= 0.6 is 11.6 Å². The van der Waals surface area contributed by atoms with E-state index in [2.05, 4.69) is 5.32 Å². The minimum Gasteiger partial charge on any atom is -0.462 e. The lowest BCUT2D eigenvalue weighted by Gasteiger charge is -2.08. The Labute approximate surface area is 133 Å². The molecule has 2 aromatic carbocycles. The van der Waals surface area contributed by atoms with Gasteiger partial charge in [-0.25, -0.2) is 4.79 Å². The number of hydrogen-bond acceptors (Lipinski definition) is 4. The van der Waals surface area contributed by atoms with Gasteiger partial charge in [-0.05, 0) is 49.4 Å². The summed E-state index contributed by atoms with van der Waals surface area (Å²) in [6.07, 6.45) is 0. The van der Waals surface area contributed by atoms with Crippen molar-refractivity contribution in [1.82, 2.24) is 0 Å². The van der Waals surface area contributed by atoms with Gasteiger partial charge in [0.1, 0.15) is 0 Å². The summed E-state index contributed by atoms with van der Waals surface area (Å²) in [6, 6.07) is 11.1. The van der Waals surface area contributed by atoms with Crippen LogP contribution in [0.15, 0.2) is 42.5 Å². The number of anilines is 2. The fourth-order valence-corrected chi connectivity index (χ4v) is 2.02. The Morgan fingerprint density at radius 2 is 1.86 bits per heavy atom. The van der Waals surface area contributed by atoms with Crippen LogP contribution in [0.5, 0.6) is 0 Å². The van der Waals surface area contributed by atoms with Crippen molar-refractivity contribution in [3.05, 3.63) is 58.6 Å². The molecule has 0 unspecified atom stereocenters. The van der Waals surface area contributed by atoms with Gasteiger partial charge in [0.2, 0.25) is 0 Å². The largest absolute Gasteiger partial charge is 0.462 e. The molecule has 1 amide bonds. The molecule has 0 aliphatic carbocycles. The zero-order valence-corrected chi connectivity index (χ0v) is 12.7. The normalized spacial score (nSPS) is 10.1. The van der Waals surface area contributed by atoms with Crippen LogP contribution in [0.2, 0.25) is 5.02 Å². The van der Waals surface area contributed by atoms with Gasteiger partial charge in [-0.3, -0.25) is 4.79 Å². The number of halogens is 1. The SMILES string of the molecule is CCOC(=O)c1ccc(NC(=O)c2cc(N)ccc2Cl)cc1. The molecule has 0 aliphatic heterocycles. The number of esters is 1. The summed E-state index contributed by atoms with van der Waals surface area (Å²) in [5.74, 6) is -0.777. The van der Waals surface area contributed by atoms with Gasteiger partial charge < -0.3 is 15.8 Å². The second kappa shape index (κ2) is 6.95. The molecule has 0 saturated carbocycles. The Bertz CT molecular complexity index is 699. The topological polar surface area (TPSA) is 81.4 Å². The molecule has 6 heteroatoms. The second-order valence-electron chi connectivity index (χ2n) is 4.49. The Kier molecular flexibility index (Phi) is 5.01. The number of hydrogen-bond donors (Lipinski definition) is 2. The third-order valence-electron chi connectivity index (χ3n) is 2.89. The van der Waals surface area contributed by atoms with Crippen LogP contribution < -0.4 is 11.1 Å². The molecular formula is C16H15ClN2O3. The molecule has 0 atom stereocenters. The quantitative estimate of drug-likeness (QED) is 0.669. The van der Waals surface area contributed by atoms with Crippen molar-refractivity contribution >= 4 is 34.9 Å². The molecule has 114 valence electrons. The van der Waals surface area contributed by atoms with Crippen LogP contribution in [-0.4, -0.2) is 18.5 Å². The Morgan fingerprint density at radius 1 is 1.18 bits per heavy atom. The van der Waals surface area contributed by atoms with Crippen molar-refractivity contribution in [2.45, 2.75) is 6.92 Å². The minimum atomic E-state index is -0.403. The summed E-state index contributed by atoms with van der Waals surface area (Å²) in [6.45, 7) is 2.05. The van der Waals surface area contributed by atoms with Gasteiger partial charge in [0.05, 0.1) is 22.8 Å². The van der Waals surface area contributed by atoms with Crippen LogP contribution in [0.25, 0.3) is 0 Å². The molecular weight excluding hydrogens is 304 g/mol. The van der Waals surface area contributed by atoms with Crippen LogP contribution in [0.3, 0.4) is 0 Å². The van der Waals surface area contributed by atoms with Crippen molar-refractivity contribution in [1.29, 1.82) is 0 Å². The van der Waals surface area contributed by atoms with Crippen LogP contribution in [0.1, 0.15) is 27.6 Å². The molecule has 0 heterocycles. The van der Waals surface area contributed by atoms with Gasteiger partial charge in [0, 0.05) is 11.4 Å². The Morgan fingerprint density at radius 3 is 2.50 bits per heavy atom. The molecule has 22 heavy (non-hydrogen) atoms. The standard InChI is InChI=1S/C16H15ClN2O3/c1-2-22-16(21)10-3-6-12(7-4-10)19-15(20)13-9-11(18)5-8-14(13)17/h3-9H,2,18H2,1H3,(H,19,20). The maximum absolute atomic E-state index is 12.2. The molecule has 5 nitrogen and oxygen atoms in total. The third-order valence-corrected chi connectivity index (χ3v) is 3.22. The van der Waals surface area contributed by atoms with Crippen molar-refractivity contribution < 1.29 is 14.3 Å². The maximum Gasteiger partial charge on any atom is 0.338 e. The molecule has 0 fully saturated rings. The number of rotatable bonds is 4. The average molecular weight is 319 g/mol. The molecule has 0 bridgehead atoms. The first-order valence-electron chi connectivity index (χ1n) is 6.65. The van der Waals surface area contributed by atoms with Crippen LogP contribution in [-0.2, 0) is 4.74 Å². The summed E-state index contributed by atoms with van der Waals surface area (Å²) in [4.78, 5) is 23.7. The molecule has 0 spiro atoms.